The molecule has 1 N–H and O–H groups in total. The Balaban J connectivity index is 1.59. The van der Waals surface area contributed by atoms with E-state index in [-0.39, 0.29) is 12.5 Å². The predicted molar refractivity (Wildman–Crippen MR) is 101 cm³/mol. The highest BCUT2D eigenvalue weighted by molar-refractivity contribution is 7.99. The minimum atomic E-state index is -0.0847. The first kappa shape index (κ1) is 18.3. The summed E-state index contributed by atoms with van der Waals surface area (Å²) in [6.45, 7) is 3.98. The number of nitrogens with zero attached hydrogens (tertiary/aromatic N) is 3. The van der Waals surface area contributed by atoms with Crippen molar-refractivity contribution >= 4 is 29.3 Å². The topological polar surface area (TPSA) is 58.4 Å². The lowest BCUT2D eigenvalue weighted by Crippen LogP contribution is -2.37. The second kappa shape index (κ2) is 8.25. The smallest absolute Gasteiger partial charge is 0.232 e. The van der Waals surface area contributed by atoms with E-state index in [1.54, 1.807) is 11.8 Å². The summed E-state index contributed by atoms with van der Waals surface area (Å²) in [6, 6.07) is 7.71. The molecule has 0 spiro atoms. The number of benzene rings is 1. The molecule has 25 heavy (non-hydrogen) atoms. The molecule has 134 valence electrons. The van der Waals surface area contributed by atoms with E-state index in [1.165, 1.54) is 0 Å². The Labute approximate surface area is 157 Å². The molecule has 0 aliphatic carbocycles. The van der Waals surface area contributed by atoms with Crippen LogP contribution in [0.5, 0.6) is 0 Å². The number of fused-ring (bicyclic) bond motifs is 1. The van der Waals surface area contributed by atoms with Crippen LogP contribution in [0.1, 0.15) is 29.4 Å². The van der Waals surface area contributed by atoms with E-state index in [2.05, 4.69) is 5.10 Å². The number of carbonyl (C=O) groups is 1. The Morgan fingerprint density at radius 2 is 2.20 bits per heavy atom. The van der Waals surface area contributed by atoms with Crippen LogP contribution in [-0.2, 0) is 36.7 Å². The highest BCUT2D eigenvalue weighted by atomic mass is 35.5. The van der Waals surface area contributed by atoms with E-state index < -0.39 is 0 Å². The molecule has 0 unspecified atom stereocenters. The Morgan fingerprint density at radius 3 is 2.92 bits per heavy atom. The van der Waals surface area contributed by atoms with Crippen LogP contribution in [0.25, 0.3) is 0 Å². The van der Waals surface area contributed by atoms with Crippen molar-refractivity contribution in [3.8, 4) is 0 Å². The fourth-order valence-corrected chi connectivity index (χ4v) is 4.33. The van der Waals surface area contributed by atoms with Crippen LogP contribution in [0.4, 0.5) is 0 Å². The Hall–Kier alpha value is -1.50. The third kappa shape index (κ3) is 4.02. The van der Waals surface area contributed by atoms with Crippen molar-refractivity contribution in [2.45, 2.75) is 38.8 Å². The molecule has 1 aromatic carbocycles. The molecule has 0 atom stereocenters. The third-order valence-corrected chi connectivity index (χ3v) is 5.80. The van der Waals surface area contributed by atoms with Gasteiger partial charge in [-0.05, 0) is 18.6 Å². The first-order valence-electron chi connectivity index (χ1n) is 8.41. The third-order valence-electron chi connectivity index (χ3n) is 4.46. The normalized spacial score (nSPS) is 13.8. The number of rotatable bonds is 6. The van der Waals surface area contributed by atoms with Gasteiger partial charge in [0.05, 0.1) is 18.1 Å². The van der Waals surface area contributed by atoms with Gasteiger partial charge >= 0.3 is 0 Å². The molecular formula is C18H22ClN3O2S. The lowest BCUT2D eigenvalue weighted by molar-refractivity contribution is -0.129. The summed E-state index contributed by atoms with van der Waals surface area (Å²) in [7, 11) is 0. The summed E-state index contributed by atoms with van der Waals surface area (Å²) in [4.78, 5) is 14.4. The molecule has 1 aliphatic rings. The predicted octanol–water partition coefficient (Wildman–Crippen LogP) is 2.87. The Morgan fingerprint density at radius 1 is 1.40 bits per heavy atom. The fourth-order valence-electron chi connectivity index (χ4n) is 3.12. The number of aromatic nitrogens is 2. The van der Waals surface area contributed by atoms with Gasteiger partial charge in [0.25, 0.3) is 0 Å². The number of carbonyl (C=O) groups excluding carboxylic acids is 1. The number of thioether (sulfide) groups is 1. The minimum Gasteiger partial charge on any atom is -0.390 e. The van der Waals surface area contributed by atoms with Gasteiger partial charge in [-0.2, -0.15) is 5.10 Å². The van der Waals surface area contributed by atoms with Gasteiger partial charge in [-0.15, -0.1) is 11.8 Å². The first-order valence-corrected chi connectivity index (χ1v) is 9.94. The van der Waals surface area contributed by atoms with Gasteiger partial charge in [0.1, 0.15) is 0 Å². The van der Waals surface area contributed by atoms with Crippen LogP contribution in [0.2, 0.25) is 5.02 Å². The van der Waals surface area contributed by atoms with E-state index in [9.17, 15) is 9.90 Å². The van der Waals surface area contributed by atoms with Gasteiger partial charge in [-0.1, -0.05) is 29.8 Å². The lowest BCUT2D eigenvalue weighted by Gasteiger charge is -2.28. The van der Waals surface area contributed by atoms with Crippen LogP contribution in [0, 0.1) is 0 Å². The van der Waals surface area contributed by atoms with Crippen molar-refractivity contribution < 1.29 is 9.90 Å². The Bertz CT molecular complexity index is 763. The standard InChI is InChI=1S/C18H22ClN3O2S/c1-2-22-17-7-8-21(9-14(17)16(10-23)20-22)18(24)12-25-11-13-5-3-4-6-15(13)19/h3-6,23H,2,7-12H2,1H3. The molecule has 7 heteroatoms. The molecule has 2 aromatic rings. The molecule has 0 radical (unpaired) electrons. The average molecular weight is 380 g/mol. The molecule has 0 bridgehead atoms. The van der Waals surface area contributed by atoms with Gasteiger partial charge in [-0.25, -0.2) is 0 Å². The van der Waals surface area contributed by atoms with Crippen LogP contribution >= 0.6 is 23.4 Å². The van der Waals surface area contributed by atoms with Gasteiger partial charge in [0.2, 0.25) is 5.91 Å². The maximum Gasteiger partial charge on any atom is 0.232 e. The number of aliphatic hydroxyl groups is 1. The van der Waals surface area contributed by atoms with E-state index in [0.29, 0.717) is 24.5 Å². The molecule has 5 nitrogen and oxygen atoms in total. The monoisotopic (exact) mass is 379 g/mol. The van der Waals surface area contributed by atoms with Crippen molar-refractivity contribution in [2.24, 2.45) is 0 Å². The highest BCUT2D eigenvalue weighted by Gasteiger charge is 2.26. The van der Waals surface area contributed by atoms with Crippen molar-refractivity contribution in [3.05, 3.63) is 51.8 Å². The molecule has 0 saturated heterocycles. The summed E-state index contributed by atoms with van der Waals surface area (Å²) in [5, 5.41) is 14.7. The van der Waals surface area contributed by atoms with Gasteiger partial charge in [0, 0.05) is 48.1 Å². The molecule has 0 saturated carbocycles. The molecule has 2 heterocycles. The van der Waals surface area contributed by atoms with Crippen molar-refractivity contribution in [1.82, 2.24) is 14.7 Å². The zero-order chi connectivity index (χ0) is 17.8. The van der Waals surface area contributed by atoms with Gasteiger partial charge in [0.15, 0.2) is 0 Å². The largest absolute Gasteiger partial charge is 0.390 e. The fraction of sp³-hybridized carbons (Fsp3) is 0.444. The number of hydrogen-bond acceptors (Lipinski definition) is 4. The Kier molecular flexibility index (Phi) is 6.04. The number of amides is 1. The van der Waals surface area contributed by atoms with E-state index >= 15 is 0 Å². The molecular weight excluding hydrogens is 358 g/mol. The zero-order valence-electron chi connectivity index (χ0n) is 14.2. The molecule has 0 fully saturated rings. The molecule has 1 amide bonds. The van der Waals surface area contributed by atoms with Gasteiger partial charge in [-0.3, -0.25) is 9.48 Å². The highest BCUT2D eigenvalue weighted by Crippen LogP contribution is 2.25. The van der Waals surface area contributed by atoms with Crippen molar-refractivity contribution in [1.29, 1.82) is 0 Å². The number of aryl methyl sites for hydroxylation is 1. The van der Waals surface area contributed by atoms with Crippen molar-refractivity contribution in [2.75, 3.05) is 12.3 Å². The quantitative estimate of drug-likeness (QED) is 0.838. The van der Waals surface area contributed by atoms with E-state index in [4.69, 9.17) is 11.6 Å². The molecule has 1 aliphatic heterocycles. The summed E-state index contributed by atoms with van der Waals surface area (Å²) in [5.41, 5.74) is 3.91. The van der Waals surface area contributed by atoms with E-state index in [1.807, 2.05) is 40.8 Å². The molecule has 3 rings (SSSR count). The average Bonchev–Trinajstić information content (AvgIpc) is 3.00. The van der Waals surface area contributed by atoms with Crippen LogP contribution < -0.4 is 0 Å². The van der Waals surface area contributed by atoms with Crippen LogP contribution in [-0.4, -0.2) is 38.0 Å². The summed E-state index contributed by atoms with van der Waals surface area (Å²) in [6.07, 6.45) is 0.789. The van der Waals surface area contributed by atoms with Crippen LogP contribution in [0.3, 0.4) is 0 Å². The summed E-state index contributed by atoms with van der Waals surface area (Å²) in [5.74, 6) is 1.27. The zero-order valence-corrected chi connectivity index (χ0v) is 15.8. The van der Waals surface area contributed by atoms with Crippen molar-refractivity contribution in [3.63, 3.8) is 0 Å². The number of hydrogen-bond donors (Lipinski definition) is 1. The second-order valence-electron chi connectivity index (χ2n) is 6.00. The number of halogens is 1. The minimum absolute atomic E-state index is 0.0847. The van der Waals surface area contributed by atoms with E-state index in [0.717, 1.165) is 40.6 Å². The summed E-state index contributed by atoms with van der Waals surface area (Å²) >= 11 is 7.73. The molecule has 1 aromatic heterocycles. The SMILES string of the molecule is CCn1nc(CO)c2c1CCN(C(=O)CSCc1ccccc1Cl)C2. The maximum atomic E-state index is 12.5. The number of aliphatic hydroxyl groups excluding tert-OH is 1. The second-order valence-corrected chi connectivity index (χ2v) is 7.39. The van der Waals surface area contributed by atoms with Gasteiger partial charge < -0.3 is 10.0 Å². The summed E-state index contributed by atoms with van der Waals surface area (Å²) < 4.78 is 1.94. The maximum absolute atomic E-state index is 12.5. The lowest BCUT2D eigenvalue weighted by atomic mass is 10.1. The first-order chi connectivity index (χ1) is 12.1. The van der Waals surface area contributed by atoms with Crippen LogP contribution in [0.15, 0.2) is 24.3 Å².